The molecule has 2 rings (SSSR count). The predicted molar refractivity (Wildman–Crippen MR) is 78.7 cm³/mol. The van der Waals surface area contributed by atoms with Crippen molar-refractivity contribution in [2.24, 2.45) is 5.92 Å². The number of aliphatic hydroxyl groups excluding tert-OH is 1. The minimum absolute atomic E-state index is 0.0777. The van der Waals surface area contributed by atoms with Gasteiger partial charge < -0.3 is 9.84 Å². The molecule has 0 bridgehead atoms. The monoisotopic (exact) mass is 344 g/mol. The van der Waals surface area contributed by atoms with Gasteiger partial charge in [-0.05, 0) is 34.7 Å². The molecule has 0 aromatic carbocycles. The molecule has 1 N–H and O–H groups in total. The molecule has 1 aliphatic carbocycles. The van der Waals surface area contributed by atoms with Gasteiger partial charge in [0.1, 0.15) is 11.8 Å². The van der Waals surface area contributed by atoms with E-state index in [1.54, 1.807) is 18.0 Å². The number of aromatic nitrogens is 2. The van der Waals surface area contributed by atoms with Gasteiger partial charge >= 0.3 is 0 Å². The number of rotatable bonds is 6. The predicted octanol–water partition coefficient (Wildman–Crippen LogP) is 2.42. The van der Waals surface area contributed by atoms with Crippen LogP contribution in [0.15, 0.2) is 10.7 Å². The molecule has 1 aromatic heterocycles. The maximum Gasteiger partial charge on any atom is 0.210 e. The molecule has 5 nitrogen and oxygen atoms in total. The average Bonchev–Trinajstić information content (AvgIpc) is 2.85. The molecule has 0 radical (unpaired) electrons. The summed E-state index contributed by atoms with van der Waals surface area (Å²) in [5.74, 6) is -0.161. The molecular formula is C14H21BrN2O3. The molecule has 6 heteroatoms. The topological polar surface area (TPSA) is 64.4 Å². The van der Waals surface area contributed by atoms with E-state index in [1.165, 1.54) is 6.42 Å². The van der Waals surface area contributed by atoms with Crippen LogP contribution in [0.25, 0.3) is 0 Å². The highest BCUT2D eigenvalue weighted by molar-refractivity contribution is 9.10. The Morgan fingerprint density at radius 2 is 2.25 bits per heavy atom. The van der Waals surface area contributed by atoms with Gasteiger partial charge in [-0.3, -0.25) is 9.48 Å². The quantitative estimate of drug-likeness (QED) is 0.805. The van der Waals surface area contributed by atoms with Crippen LogP contribution < -0.4 is 0 Å². The second-order valence-electron chi connectivity index (χ2n) is 5.26. The Morgan fingerprint density at radius 3 is 2.90 bits per heavy atom. The molecule has 1 aliphatic rings. The van der Waals surface area contributed by atoms with Crippen molar-refractivity contribution in [2.45, 2.75) is 44.8 Å². The molecule has 1 aromatic rings. The lowest BCUT2D eigenvalue weighted by atomic mass is 9.83. The van der Waals surface area contributed by atoms with E-state index in [1.807, 2.05) is 0 Å². The number of hydrogen-bond acceptors (Lipinski definition) is 4. The third kappa shape index (κ3) is 3.48. The maximum atomic E-state index is 12.5. The van der Waals surface area contributed by atoms with Gasteiger partial charge in [0.15, 0.2) is 0 Å². The number of Topliss-reactive ketones (excluding diaryl/α,β-unsaturated/α-hetero) is 1. The fourth-order valence-electron chi connectivity index (χ4n) is 2.76. The Kier molecular flexibility index (Phi) is 5.74. The molecule has 1 fully saturated rings. The Labute approximate surface area is 127 Å². The van der Waals surface area contributed by atoms with Crippen molar-refractivity contribution in [3.8, 4) is 0 Å². The standard InChI is InChI=1S/C14H21BrN2O3/c1-20-8-7-17-12(11(15)9-16-17)14(19)13(18)10-5-3-2-4-6-10/h9-10,13,18H,2-8H2,1H3. The zero-order valence-electron chi connectivity index (χ0n) is 11.7. The van der Waals surface area contributed by atoms with Crippen molar-refractivity contribution in [3.63, 3.8) is 0 Å². The molecule has 0 aliphatic heterocycles. The summed E-state index contributed by atoms with van der Waals surface area (Å²) >= 11 is 3.35. The summed E-state index contributed by atoms with van der Waals surface area (Å²) in [6.45, 7) is 0.981. The summed E-state index contributed by atoms with van der Waals surface area (Å²) < 4.78 is 7.25. The number of carbonyl (C=O) groups is 1. The van der Waals surface area contributed by atoms with Gasteiger partial charge in [-0.2, -0.15) is 5.10 Å². The number of hydrogen-bond donors (Lipinski definition) is 1. The van der Waals surface area contributed by atoms with Crippen LogP contribution in [0.1, 0.15) is 42.6 Å². The SMILES string of the molecule is COCCn1ncc(Br)c1C(=O)C(O)C1CCCCC1. The van der Waals surface area contributed by atoms with Crippen LogP contribution in [-0.4, -0.2) is 40.5 Å². The summed E-state index contributed by atoms with van der Waals surface area (Å²) in [5.41, 5.74) is 0.445. The smallest absolute Gasteiger partial charge is 0.210 e. The zero-order chi connectivity index (χ0) is 14.5. The van der Waals surface area contributed by atoms with Crippen LogP contribution in [-0.2, 0) is 11.3 Å². The van der Waals surface area contributed by atoms with E-state index in [4.69, 9.17) is 4.74 Å². The number of nitrogens with zero attached hydrogens (tertiary/aromatic N) is 2. The van der Waals surface area contributed by atoms with E-state index in [0.29, 0.717) is 23.3 Å². The van der Waals surface area contributed by atoms with Crippen LogP contribution >= 0.6 is 15.9 Å². The van der Waals surface area contributed by atoms with Crippen LogP contribution in [0.4, 0.5) is 0 Å². The normalized spacial score (nSPS) is 18.1. The van der Waals surface area contributed by atoms with Crippen molar-refractivity contribution in [2.75, 3.05) is 13.7 Å². The molecule has 1 heterocycles. The lowest BCUT2D eigenvalue weighted by Gasteiger charge is -2.25. The average molecular weight is 345 g/mol. The molecule has 0 amide bonds. The summed E-state index contributed by atoms with van der Waals surface area (Å²) in [7, 11) is 1.61. The third-order valence-electron chi connectivity index (χ3n) is 3.90. The van der Waals surface area contributed by atoms with Gasteiger partial charge in [0.25, 0.3) is 0 Å². The molecule has 1 unspecified atom stereocenters. The zero-order valence-corrected chi connectivity index (χ0v) is 13.3. The van der Waals surface area contributed by atoms with E-state index < -0.39 is 6.10 Å². The van der Waals surface area contributed by atoms with Gasteiger partial charge in [0.2, 0.25) is 5.78 Å². The Morgan fingerprint density at radius 1 is 1.55 bits per heavy atom. The lowest BCUT2D eigenvalue weighted by Crippen LogP contribution is -2.33. The first-order valence-electron chi connectivity index (χ1n) is 7.07. The fraction of sp³-hybridized carbons (Fsp3) is 0.714. The first-order chi connectivity index (χ1) is 9.65. The molecule has 0 spiro atoms. The molecule has 0 saturated heterocycles. The van der Waals surface area contributed by atoms with E-state index in [9.17, 15) is 9.90 Å². The summed E-state index contributed by atoms with van der Waals surface area (Å²) in [6, 6.07) is 0. The maximum absolute atomic E-state index is 12.5. The van der Waals surface area contributed by atoms with Crippen molar-refractivity contribution in [1.82, 2.24) is 9.78 Å². The summed E-state index contributed by atoms with van der Waals surface area (Å²) in [6.07, 6.45) is 5.92. The van der Waals surface area contributed by atoms with E-state index in [0.717, 1.165) is 25.7 Å². The van der Waals surface area contributed by atoms with E-state index >= 15 is 0 Å². The molecule has 1 atom stereocenters. The first kappa shape index (κ1) is 15.7. The van der Waals surface area contributed by atoms with Gasteiger partial charge in [0.05, 0.1) is 23.8 Å². The number of ketones is 1. The minimum Gasteiger partial charge on any atom is -0.385 e. The fourth-order valence-corrected chi connectivity index (χ4v) is 3.25. The van der Waals surface area contributed by atoms with Crippen molar-refractivity contribution < 1.29 is 14.6 Å². The number of halogens is 1. The van der Waals surface area contributed by atoms with Gasteiger partial charge in [-0.1, -0.05) is 19.3 Å². The Bertz CT molecular complexity index is 455. The number of aliphatic hydroxyl groups is 1. The van der Waals surface area contributed by atoms with E-state index in [-0.39, 0.29) is 11.7 Å². The summed E-state index contributed by atoms with van der Waals surface area (Å²) in [4.78, 5) is 12.5. The first-order valence-corrected chi connectivity index (χ1v) is 7.87. The largest absolute Gasteiger partial charge is 0.385 e. The minimum atomic E-state index is -0.926. The van der Waals surface area contributed by atoms with Gasteiger partial charge in [0, 0.05) is 7.11 Å². The lowest BCUT2D eigenvalue weighted by molar-refractivity contribution is 0.0520. The van der Waals surface area contributed by atoms with Gasteiger partial charge in [-0.15, -0.1) is 0 Å². The van der Waals surface area contributed by atoms with Crippen LogP contribution in [0.5, 0.6) is 0 Å². The molecule has 112 valence electrons. The molecular weight excluding hydrogens is 324 g/mol. The number of methoxy groups -OCH3 is 1. The second kappa shape index (κ2) is 7.33. The van der Waals surface area contributed by atoms with Crippen molar-refractivity contribution in [1.29, 1.82) is 0 Å². The highest BCUT2D eigenvalue weighted by atomic mass is 79.9. The Hall–Kier alpha value is -0.720. The number of ether oxygens (including phenoxy) is 1. The highest BCUT2D eigenvalue weighted by Gasteiger charge is 2.31. The third-order valence-corrected chi connectivity index (χ3v) is 4.48. The second-order valence-corrected chi connectivity index (χ2v) is 6.12. The van der Waals surface area contributed by atoms with E-state index in [2.05, 4.69) is 21.0 Å². The summed E-state index contributed by atoms with van der Waals surface area (Å²) in [5, 5.41) is 14.5. The number of carbonyl (C=O) groups excluding carboxylic acids is 1. The van der Waals surface area contributed by atoms with Gasteiger partial charge in [-0.25, -0.2) is 0 Å². The molecule has 1 saturated carbocycles. The Balaban J connectivity index is 2.12. The van der Waals surface area contributed by atoms with Crippen LogP contribution in [0, 0.1) is 5.92 Å². The van der Waals surface area contributed by atoms with Crippen LogP contribution in [0.3, 0.4) is 0 Å². The van der Waals surface area contributed by atoms with Crippen molar-refractivity contribution >= 4 is 21.7 Å². The highest BCUT2D eigenvalue weighted by Crippen LogP contribution is 2.29. The van der Waals surface area contributed by atoms with Crippen molar-refractivity contribution in [3.05, 3.63) is 16.4 Å². The van der Waals surface area contributed by atoms with Crippen LogP contribution in [0.2, 0.25) is 0 Å². The molecule has 20 heavy (non-hydrogen) atoms.